The molecule has 0 bridgehead atoms. The molecule has 37 heavy (non-hydrogen) atoms. The van der Waals surface area contributed by atoms with E-state index in [1.807, 2.05) is 42.5 Å². The van der Waals surface area contributed by atoms with Crippen LogP contribution in [0.3, 0.4) is 0 Å². The summed E-state index contributed by atoms with van der Waals surface area (Å²) >= 11 is 0. The zero-order valence-electron chi connectivity index (χ0n) is 23.1. The van der Waals surface area contributed by atoms with Crippen molar-refractivity contribution in [2.75, 3.05) is 13.2 Å². The number of benzene rings is 3. The number of nitrogens with zero attached hydrogens (tertiary/aromatic N) is 1. The van der Waals surface area contributed by atoms with Gasteiger partial charge in [0.2, 0.25) is 0 Å². The monoisotopic (exact) mass is 517 g/mol. The summed E-state index contributed by atoms with van der Waals surface area (Å²) in [5.41, 5.74) is 4.10. The van der Waals surface area contributed by atoms with Crippen molar-refractivity contribution in [1.29, 1.82) is 0 Å². The second-order valence-corrected chi connectivity index (χ2v) is 15.5. The van der Waals surface area contributed by atoms with Gasteiger partial charge in [0.15, 0.2) is 0 Å². The number of ether oxygens (including phenoxy) is 2. The predicted molar refractivity (Wildman–Crippen MR) is 155 cm³/mol. The van der Waals surface area contributed by atoms with E-state index in [9.17, 15) is 4.39 Å². The van der Waals surface area contributed by atoms with Crippen LogP contribution in [0.25, 0.3) is 16.6 Å². The number of hydrogen-bond donors (Lipinski definition) is 0. The molecule has 4 aromatic rings. The SMILES string of the molecule is C[SiH](C)C(C)(C)COCCC(C)(C)c1cc2c(OCc3ccccc3)cccc2n1-c1ccc(F)cc1. The third-order valence-electron chi connectivity index (χ3n) is 7.73. The summed E-state index contributed by atoms with van der Waals surface area (Å²) in [5.74, 6) is 0.608. The molecule has 1 aromatic heterocycles. The Hall–Kier alpha value is -2.89. The van der Waals surface area contributed by atoms with Crippen molar-refractivity contribution in [3.05, 3.63) is 95.9 Å². The van der Waals surface area contributed by atoms with Crippen molar-refractivity contribution >= 4 is 19.7 Å². The molecule has 0 amide bonds. The largest absolute Gasteiger partial charge is 0.488 e. The quantitative estimate of drug-likeness (QED) is 0.148. The zero-order chi connectivity index (χ0) is 26.6. The van der Waals surface area contributed by atoms with Crippen molar-refractivity contribution < 1.29 is 13.9 Å². The fourth-order valence-corrected chi connectivity index (χ4v) is 4.84. The second-order valence-electron chi connectivity index (χ2n) is 11.6. The summed E-state index contributed by atoms with van der Waals surface area (Å²) in [6, 6.07) is 25.3. The molecule has 196 valence electrons. The van der Waals surface area contributed by atoms with Gasteiger partial charge in [-0.05, 0) is 59.5 Å². The third kappa shape index (κ3) is 6.34. The van der Waals surface area contributed by atoms with Gasteiger partial charge in [-0.3, -0.25) is 0 Å². The van der Waals surface area contributed by atoms with Gasteiger partial charge < -0.3 is 14.0 Å². The molecule has 0 spiro atoms. The molecule has 0 aliphatic heterocycles. The highest BCUT2D eigenvalue weighted by atomic mass is 28.3. The summed E-state index contributed by atoms with van der Waals surface area (Å²) in [7, 11) is -0.807. The lowest BCUT2D eigenvalue weighted by molar-refractivity contribution is 0.0990. The Bertz CT molecular complexity index is 1310. The predicted octanol–water partition coefficient (Wildman–Crippen LogP) is 8.30. The number of rotatable bonds is 11. The van der Waals surface area contributed by atoms with Crippen LogP contribution < -0.4 is 4.74 Å². The summed E-state index contributed by atoms with van der Waals surface area (Å²) in [6.45, 7) is 15.9. The number of halogens is 1. The molecule has 0 atom stereocenters. The molecule has 0 saturated heterocycles. The van der Waals surface area contributed by atoms with Gasteiger partial charge in [-0.15, -0.1) is 0 Å². The van der Waals surface area contributed by atoms with E-state index in [2.05, 4.69) is 69.6 Å². The first-order chi connectivity index (χ1) is 17.6. The van der Waals surface area contributed by atoms with Crippen molar-refractivity contribution in [1.82, 2.24) is 4.57 Å². The molecule has 0 fully saturated rings. The van der Waals surface area contributed by atoms with Gasteiger partial charge in [0, 0.05) is 44.2 Å². The molecule has 5 heteroatoms. The molecular weight excluding hydrogens is 477 g/mol. The van der Waals surface area contributed by atoms with Gasteiger partial charge >= 0.3 is 0 Å². The van der Waals surface area contributed by atoms with Crippen LogP contribution in [0, 0.1) is 5.82 Å². The van der Waals surface area contributed by atoms with Crippen molar-refractivity contribution in [2.45, 2.75) is 64.3 Å². The van der Waals surface area contributed by atoms with E-state index in [1.54, 1.807) is 0 Å². The van der Waals surface area contributed by atoms with E-state index >= 15 is 0 Å². The minimum Gasteiger partial charge on any atom is -0.488 e. The molecule has 0 radical (unpaired) electrons. The molecule has 0 aliphatic rings. The highest BCUT2D eigenvalue weighted by Gasteiger charge is 2.29. The Labute approximate surface area is 222 Å². The lowest BCUT2D eigenvalue weighted by Crippen LogP contribution is -2.28. The Kier molecular flexibility index (Phi) is 8.25. The van der Waals surface area contributed by atoms with Gasteiger partial charge in [-0.1, -0.05) is 77.2 Å². The summed E-state index contributed by atoms with van der Waals surface area (Å²) < 4.78 is 28.6. The topological polar surface area (TPSA) is 23.4 Å². The van der Waals surface area contributed by atoms with E-state index < -0.39 is 8.80 Å². The summed E-state index contributed by atoms with van der Waals surface area (Å²) in [5, 5.41) is 1.33. The summed E-state index contributed by atoms with van der Waals surface area (Å²) in [6.07, 6.45) is 0.875. The highest BCUT2D eigenvalue weighted by molar-refractivity contribution is 6.59. The first kappa shape index (κ1) is 27.1. The van der Waals surface area contributed by atoms with Crippen molar-refractivity contribution in [3.63, 3.8) is 0 Å². The van der Waals surface area contributed by atoms with Gasteiger partial charge in [-0.2, -0.15) is 0 Å². The van der Waals surface area contributed by atoms with E-state index in [0.717, 1.165) is 46.6 Å². The van der Waals surface area contributed by atoms with E-state index in [4.69, 9.17) is 9.47 Å². The van der Waals surface area contributed by atoms with E-state index in [1.165, 1.54) is 12.1 Å². The second kappa shape index (κ2) is 11.2. The number of hydrogen-bond acceptors (Lipinski definition) is 2. The van der Waals surface area contributed by atoms with Gasteiger partial charge in [0.1, 0.15) is 18.2 Å². The minimum absolute atomic E-state index is 0.177. The molecule has 0 saturated carbocycles. The number of fused-ring (bicyclic) bond motifs is 1. The fourth-order valence-electron chi connectivity index (χ4n) is 4.39. The average molecular weight is 518 g/mol. The first-order valence-corrected chi connectivity index (χ1v) is 16.1. The molecule has 3 aromatic carbocycles. The van der Waals surface area contributed by atoms with E-state index in [0.29, 0.717) is 13.2 Å². The fraction of sp³-hybridized carbons (Fsp3) is 0.375. The van der Waals surface area contributed by atoms with Crippen LogP contribution in [-0.2, 0) is 16.8 Å². The lowest BCUT2D eigenvalue weighted by atomic mass is 9.85. The molecule has 0 N–H and O–H groups in total. The van der Waals surface area contributed by atoms with Crippen molar-refractivity contribution in [3.8, 4) is 11.4 Å². The van der Waals surface area contributed by atoms with Gasteiger partial charge in [0.25, 0.3) is 0 Å². The standard InChI is InChI=1S/C32H40FNO2Si/c1-31(2,19-20-35-23-32(3,4)37(5)6)30-21-27-28(34(30)26-17-15-25(33)16-18-26)13-10-14-29(27)36-22-24-11-8-7-9-12-24/h7-18,21,37H,19-20,22-23H2,1-6H3. The minimum atomic E-state index is -0.807. The molecule has 1 heterocycles. The maximum Gasteiger partial charge on any atom is 0.129 e. The Morgan fingerprint density at radius 2 is 1.57 bits per heavy atom. The van der Waals surface area contributed by atoms with Crippen molar-refractivity contribution in [2.24, 2.45) is 0 Å². The van der Waals surface area contributed by atoms with Crippen LogP contribution in [0.2, 0.25) is 18.1 Å². The molecule has 4 rings (SSSR count). The summed E-state index contributed by atoms with van der Waals surface area (Å²) in [4.78, 5) is 0. The van der Waals surface area contributed by atoms with Gasteiger partial charge in [0.05, 0.1) is 5.52 Å². The first-order valence-electron chi connectivity index (χ1n) is 13.2. The average Bonchev–Trinajstić information content (AvgIpc) is 3.28. The van der Waals surface area contributed by atoms with Crippen LogP contribution in [0.1, 0.15) is 45.4 Å². The molecule has 3 nitrogen and oxygen atoms in total. The van der Waals surface area contributed by atoms with Crippen LogP contribution in [0.5, 0.6) is 5.75 Å². The zero-order valence-corrected chi connectivity index (χ0v) is 24.2. The molecule has 0 aliphatic carbocycles. The van der Waals surface area contributed by atoms with Crippen LogP contribution in [-0.4, -0.2) is 26.6 Å². The Balaban J connectivity index is 1.67. The van der Waals surface area contributed by atoms with E-state index in [-0.39, 0.29) is 16.3 Å². The van der Waals surface area contributed by atoms with Crippen LogP contribution in [0.4, 0.5) is 4.39 Å². The molecular formula is C32H40FNO2Si. The molecule has 0 unspecified atom stereocenters. The van der Waals surface area contributed by atoms with Gasteiger partial charge in [-0.25, -0.2) is 4.39 Å². The third-order valence-corrected chi connectivity index (χ3v) is 11.0. The maximum atomic E-state index is 13.8. The van der Waals surface area contributed by atoms with Crippen LogP contribution >= 0.6 is 0 Å². The maximum absolute atomic E-state index is 13.8. The van der Waals surface area contributed by atoms with Crippen LogP contribution in [0.15, 0.2) is 78.9 Å². The Morgan fingerprint density at radius 1 is 0.865 bits per heavy atom. The Morgan fingerprint density at radius 3 is 2.24 bits per heavy atom. The number of aromatic nitrogens is 1. The lowest BCUT2D eigenvalue weighted by Gasteiger charge is -2.30. The smallest absolute Gasteiger partial charge is 0.129 e. The normalized spacial score (nSPS) is 12.4. The highest BCUT2D eigenvalue weighted by Crippen LogP contribution is 2.39.